The summed E-state index contributed by atoms with van der Waals surface area (Å²) >= 11 is 5.94. The first-order chi connectivity index (χ1) is 12.2. The van der Waals surface area contributed by atoms with Crippen LogP contribution in [-0.4, -0.2) is 81.4 Å². The number of rotatable bonds is 5. The van der Waals surface area contributed by atoms with Crippen LogP contribution in [0, 0.1) is 0 Å². The second kappa shape index (κ2) is 9.27. The number of hydrogen-bond acceptors (Lipinski definition) is 4. The van der Waals surface area contributed by atoms with Gasteiger partial charge in [-0.3, -0.25) is 4.90 Å². The highest BCUT2D eigenvalue weighted by molar-refractivity contribution is 6.30. The van der Waals surface area contributed by atoms with Crippen molar-refractivity contribution >= 4 is 23.3 Å². The van der Waals surface area contributed by atoms with Gasteiger partial charge in [0.05, 0.1) is 13.2 Å². The van der Waals surface area contributed by atoms with Gasteiger partial charge in [0.2, 0.25) is 0 Å². The first-order valence-corrected chi connectivity index (χ1v) is 9.43. The first-order valence-electron chi connectivity index (χ1n) is 9.06. The fourth-order valence-electron chi connectivity index (χ4n) is 3.25. The minimum Gasteiger partial charge on any atom is -0.379 e. The van der Waals surface area contributed by atoms with Crippen molar-refractivity contribution in [2.24, 2.45) is 0 Å². The second-order valence-electron chi connectivity index (χ2n) is 6.49. The van der Waals surface area contributed by atoms with Crippen molar-refractivity contribution in [2.75, 3.05) is 70.5 Å². The lowest BCUT2D eigenvalue weighted by atomic mass is 10.2. The van der Waals surface area contributed by atoms with E-state index in [9.17, 15) is 4.79 Å². The number of carbonyl (C=O) groups is 1. The molecule has 1 aromatic carbocycles. The number of carbonyl (C=O) groups excluding carboxylic acids is 1. The smallest absolute Gasteiger partial charge is 0.317 e. The number of benzene rings is 1. The van der Waals surface area contributed by atoms with Gasteiger partial charge in [0, 0.05) is 56.5 Å². The van der Waals surface area contributed by atoms with E-state index < -0.39 is 0 Å². The number of piperazine rings is 1. The van der Waals surface area contributed by atoms with E-state index in [0.717, 1.165) is 82.7 Å². The number of urea groups is 1. The van der Waals surface area contributed by atoms with E-state index in [2.05, 4.69) is 15.1 Å². The number of ether oxygens (including phenoxy) is 1. The van der Waals surface area contributed by atoms with Crippen molar-refractivity contribution in [3.8, 4) is 0 Å². The fraction of sp³-hybridized carbons (Fsp3) is 0.611. The summed E-state index contributed by atoms with van der Waals surface area (Å²) in [5.74, 6) is 0. The number of hydrogen-bond donors (Lipinski definition) is 1. The summed E-state index contributed by atoms with van der Waals surface area (Å²) in [6.45, 7) is 8.60. The quantitative estimate of drug-likeness (QED) is 0.808. The van der Waals surface area contributed by atoms with E-state index in [1.54, 1.807) is 0 Å². The molecule has 0 bridgehead atoms. The van der Waals surface area contributed by atoms with E-state index in [1.807, 2.05) is 29.2 Å². The summed E-state index contributed by atoms with van der Waals surface area (Å²) in [6.07, 6.45) is 0.983. The van der Waals surface area contributed by atoms with Crippen molar-refractivity contribution in [1.82, 2.24) is 15.1 Å². The predicted molar refractivity (Wildman–Crippen MR) is 101 cm³/mol. The third kappa shape index (κ3) is 5.49. The summed E-state index contributed by atoms with van der Waals surface area (Å²) < 4.78 is 5.34. The molecule has 1 aromatic rings. The first kappa shape index (κ1) is 18.3. The van der Waals surface area contributed by atoms with Crippen LogP contribution in [0.2, 0.25) is 5.02 Å². The molecule has 6 nitrogen and oxygen atoms in total. The molecule has 0 unspecified atom stereocenters. The van der Waals surface area contributed by atoms with Crippen LogP contribution < -0.4 is 10.2 Å². The van der Waals surface area contributed by atoms with Gasteiger partial charge < -0.3 is 19.9 Å². The molecule has 2 aliphatic rings. The third-order valence-corrected chi connectivity index (χ3v) is 5.04. The van der Waals surface area contributed by atoms with Gasteiger partial charge in [0.25, 0.3) is 0 Å². The molecular formula is C18H27ClN4O2. The van der Waals surface area contributed by atoms with Gasteiger partial charge in [0.15, 0.2) is 0 Å². The Balaban J connectivity index is 1.33. The number of halogens is 1. The molecule has 2 saturated heterocycles. The second-order valence-corrected chi connectivity index (χ2v) is 6.93. The minimum atomic E-state index is 0.0535. The van der Waals surface area contributed by atoms with Gasteiger partial charge in [0.1, 0.15) is 0 Å². The average molecular weight is 367 g/mol. The summed E-state index contributed by atoms with van der Waals surface area (Å²) in [7, 11) is 0. The SMILES string of the molecule is O=C(NCCCN1CCOCC1)N1CCN(c2ccc(Cl)cc2)CC1. The van der Waals surface area contributed by atoms with Crippen LogP contribution in [0.3, 0.4) is 0 Å². The van der Waals surface area contributed by atoms with Crippen LogP contribution in [0.5, 0.6) is 0 Å². The molecule has 2 aliphatic heterocycles. The molecule has 0 radical (unpaired) electrons. The van der Waals surface area contributed by atoms with E-state index >= 15 is 0 Å². The van der Waals surface area contributed by atoms with Crippen LogP contribution >= 0.6 is 11.6 Å². The maximum atomic E-state index is 12.3. The average Bonchev–Trinajstić information content (AvgIpc) is 2.67. The number of nitrogens with one attached hydrogen (secondary N) is 1. The van der Waals surface area contributed by atoms with Gasteiger partial charge in [-0.1, -0.05) is 11.6 Å². The molecule has 0 spiro atoms. The standard InChI is InChI=1S/C18H27ClN4O2/c19-16-2-4-17(5-3-16)22-8-10-23(11-9-22)18(24)20-6-1-7-21-12-14-25-15-13-21/h2-5H,1,6-15H2,(H,20,24). The van der Waals surface area contributed by atoms with Crippen LogP contribution in [0.1, 0.15) is 6.42 Å². The van der Waals surface area contributed by atoms with Gasteiger partial charge in [-0.2, -0.15) is 0 Å². The van der Waals surface area contributed by atoms with Gasteiger partial charge in [-0.15, -0.1) is 0 Å². The zero-order chi connectivity index (χ0) is 17.5. The molecule has 2 amide bonds. The van der Waals surface area contributed by atoms with Crippen molar-refractivity contribution in [3.63, 3.8) is 0 Å². The highest BCUT2D eigenvalue weighted by Crippen LogP contribution is 2.19. The molecule has 0 aliphatic carbocycles. The predicted octanol–water partition coefficient (Wildman–Crippen LogP) is 1.89. The Morgan fingerprint density at radius 3 is 2.40 bits per heavy atom. The normalized spacial score (nSPS) is 19.1. The molecule has 7 heteroatoms. The lowest BCUT2D eigenvalue weighted by molar-refractivity contribution is 0.0375. The molecule has 0 aromatic heterocycles. The van der Waals surface area contributed by atoms with Crippen molar-refractivity contribution in [3.05, 3.63) is 29.3 Å². The molecule has 0 saturated carbocycles. The van der Waals surface area contributed by atoms with Crippen LogP contribution in [0.25, 0.3) is 0 Å². The summed E-state index contributed by atoms with van der Waals surface area (Å²) in [5.41, 5.74) is 1.16. The van der Waals surface area contributed by atoms with Crippen molar-refractivity contribution in [1.29, 1.82) is 0 Å². The van der Waals surface area contributed by atoms with Crippen LogP contribution in [0.4, 0.5) is 10.5 Å². The molecule has 138 valence electrons. The highest BCUT2D eigenvalue weighted by Gasteiger charge is 2.21. The number of anilines is 1. The summed E-state index contributed by atoms with van der Waals surface area (Å²) in [6, 6.07) is 7.93. The Morgan fingerprint density at radius 1 is 1.04 bits per heavy atom. The Morgan fingerprint density at radius 2 is 1.72 bits per heavy atom. The molecule has 25 heavy (non-hydrogen) atoms. The molecule has 2 fully saturated rings. The van der Waals surface area contributed by atoms with E-state index in [1.165, 1.54) is 0 Å². The molecule has 3 rings (SSSR count). The molecule has 2 heterocycles. The highest BCUT2D eigenvalue weighted by atomic mass is 35.5. The molecule has 1 N–H and O–H groups in total. The van der Waals surface area contributed by atoms with Gasteiger partial charge in [-0.05, 0) is 37.2 Å². The number of nitrogens with zero attached hydrogens (tertiary/aromatic N) is 3. The fourth-order valence-corrected chi connectivity index (χ4v) is 3.38. The zero-order valence-corrected chi connectivity index (χ0v) is 15.4. The number of amides is 2. The molecular weight excluding hydrogens is 340 g/mol. The zero-order valence-electron chi connectivity index (χ0n) is 14.6. The Bertz CT molecular complexity index is 541. The molecule has 0 atom stereocenters. The van der Waals surface area contributed by atoms with Crippen LogP contribution in [-0.2, 0) is 4.74 Å². The summed E-state index contributed by atoms with van der Waals surface area (Å²) in [5, 5.41) is 3.80. The van der Waals surface area contributed by atoms with E-state index in [0.29, 0.717) is 0 Å². The number of morpholine rings is 1. The Kier molecular flexibility index (Phi) is 6.78. The van der Waals surface area contributed by atoms with Crippen molar-refractivity contribution < 1.29 is 9.53 Å². The van der Waals surface area contributed by atoms with Gasteiger partial charge >= 0.3 is 6.03 Å². The van der Waals surface area contributed by atoms with Gasteiger partial charge in [-0.25, -0.2) is 4.79 Å². The summed E-state index contributed by atoms with van der Waals surface area (Å²) in [4.78, 5) is 18.9. The Labute approximate surface area is 154 Å². The topological polar surface area (TPSA) is 48.1 Å². The van der Waals surface area contributed by atoms with E-state index in [-0.39, 0.29) is 6.03 Å². The lowest BCUT2D eigenvalue weighted by Gasteiger charge is -2.36. The lowest BCUT2D eigenvalue weighted by Crippen LogP contribution is -2.52. The maximum Gasteiger partial charge on any atom is 0.317 e. The van der Waals surface area contributed by atoms with Crippen molar-refractivity contribution in [2.45, 2.75) is 6.42 Å². The monoisotopic (exact) mass is 366 g/mol. The largest absolute Gasteiger partial charge is 0.379 e. The third-order valence-electron chi connectivity index (χ3n) is 4.79. The maximum absolute atomic E-state index is 12.3. The van der Waals surface area contributed by atoms with E-state index in [4.69, 9.17) is 16.3 Å². The van der Waals surface area contributed by atoms with Crippen LogP contribution in [0.15, 0.2) is 24.3 Å². The Hall–Kier alpha value is -1.50. The minimum absolute atomic E-state index is 0.0535.